The predicted octanol–water partition coefficient (Wildman–Crippen LogP) is 5.89. The van der Waals surface area contributed by atoms with Crippen molar-refractivity contribution in [2.75, 3.05) is 4.31 Å². The van der Waals surface area contributed by atoms with Crippen LogP contribution < -0.4 is 9.62 Å². The van der Waals surface area contributed by atoms with Crippen LogP contribution in [0.25, 0.3) is 11.1 Å². The van der Waals surface area contributed by atoms with E-state index >= 15 is 0 Å². The van der Waals surface area contributed by atoms with Gasteiger partial charge in [0.15, 0.2) is 0 Å². The molecule has 0 fully saturated rings. The van der Waals surface area contributed by atoms with Gasteiger partial charge in [0.05, 0.1) is 23.7 Å². The smallest absolute Gasteiger partial charge is 0.268 e. The average molecular weight is 569 g/mol. The number of rotatable bonds is 6. The average Bonchev–Trinajstić information content (AvgIpc) is 3.29. The fourth-order valence-electron chi connectivity index (χ4n) is 4.94. The molecule has 6 rings (SSSR count). The highest BCUT2D eigenvalue weighted by Gasteiger charge is 2.31. The minimum Gasteiger partial charge on any atom is -0.347 e. The van der Waals surface area contributed by atoms with Crippen molar-refractivity contribution in [3.05, 3.63) is 137 Å². The number of para-hydroxylation sites is 1. The minimum atomic E-state index is -3.93. The molecular weight excluding hydrogens is 544 g/mol. The number of nitrogens with zero attached hydrogens (tertiary/aromatic N) is 3. The molecule has 5 aromatic rings. The van der Waals surface area contributed by atoms with Gasteiger partial charge in [0, 0.05) is 35.2 Å². The lowest BCUT2D eigenvalue weighted by molar-refractivity contribution is 0.0941. The third kappa shape index (κ3) is 4.87. The highest BCUT2D eigenvalue weighted by Crippen LogP contribution is 2.34. The Balaban J connectivity index is 1.32. The topological polar surface area (TPSA) is 84.3 Å². The molecule has 7 nitrogen and oxygen atoms in total. The summed E-state index contributed by atoms with van der Waals surface area (Å²) < 4.78 is 31.4. The molecule has 1 aliphatic rings. The largest absolute Gasteiger partial charge is 0.347 e. The number of nitrogens with one attached hydrogen (secondary N) is 1. The van der Waals surface area contributed by atoms with Crippen LogP contribution in [-0.4, -0.2) is 23.9 Å². The summed E-state index contributed by atoms with van der Waals surface area (Å²) in [6.45, 7) is 0.793. The van der Waals surface area contributed by atoms with E-state index in [4.69, 9.17) is 11.6 Å². The lowest BCUT2D eigenvalue weighted by Crippen LogP contribution is -2.31. The van der Waals surface area contributed by atoms with Crippen molar-refractivity contribution in [3.63, 3.8) is 0 Å². The quantitative estimate of drug-likeness (QED) is 0.277. The summed E-state index contributed by atoms with van der Waals surface area (Å²) in [6, 6.07) is 28.9. The zero-order chi connectivity index (χ0) is 27.7. The van der Waals surface area contributed by atoms with Crippen molar-refractivity contribution >= 4 is 33.2 Å². The predicted molar refractivity (Wildman–Crippen MR) is 156 cm³/mol. The van der Waals surface area contributed by atoms with Gasteiger partial charge in [0.2, 0.25) is 0 Å². The van der Waals surface area contributed by atoms with Crippen molar-refractivity contribution in [1.29, 1.82) is 0 Å². The standard InChI is InChI=1S/C31H25ClN4O3S/c32-28-9-3-2-8-27(28)23-11-14-26(15-12-23)40(38,39)36-21-25-13-16-30(31(37)34-19-22-6-5-17-33-18-22)35(25)20-24-7-1-4-10-29(24)36/h1-18H,19-21H2,(H,34,37). The Labute approximate surface area is 237 Å². The van der Waals surface area contributed by atoms with E-state index in [1.54, 1.807) is 54.9 Å². The SMILES string of the molecule is O=C(NCc1cccnc1)c1ccc2n1Cc1ccccc1N(S(=O)(=O)c1ccc(-c3ccccc3Cl)cc1)C2. The Kier molecular flexibility index (Phi) is 6.88. The molecule has 0 atom stereocenters. The van der Waals surface area contributed by atoms with Crippen LogP contribution in [0, 0.1) is 0 Å². The number of anilines is 1. The summed E-state index contributed by atoms with van der Waals surface area (Å²) >= 11 is 6.35. The molecule has 2 aromatic heterocycles. The zero-order valence-corrected chi connectivity index (χ0v) is 22.9. The third-order valence-electron chi connectivity index (χ3n) is 7.00. The van der Waals surface area contributed by atoms with Crippen LogP contribution in [0.2, 0.25) is 5.02 Å². The molecule has 0 saturated carbocycles. The van der Waals surface area contributed by atoms with Gasteiger partial charge < -0.3 is 9.88 Å². The number of hydrogen-bond donors (Lipinski definition) is 1. The van der Waals surface area contributed by atoms with Crippen LogP contribution in [0.15, 0.2) is 114 Å². The lowest BCUT2D eigenvalue weighted by Gasteiger charge is -2.24. The summed E-state index contributed by atoms with van der Waals surface area (Å²) in [6.07, 6.45) is 3.39. The van der Waals surface area contributed by atoms with Gasteiger partial charge in [-0.2, -0.15) is 0 Å². The highest BCUT2D eigenvalue weighted by molar-refractivity contribution is 7.92. The van der Waals surface area contributed by atoms with E-state index in [1.807, 2.05) is 59.2 Å². The fourth-order valence-corrected chi connectivity index (χ4v) is 6.66. The van der Waals surface area contributed by atoms with Crippen LogP contribution in [0.5, 0.6) is 0 Å². The molecule has 3 heterocycles. The second-order valence-corrected chi connectivity index (χ2v) is 11.8. The molecule has 0 aliphatic carbocycles. The normalized spacial score (nSPS) is 12.8. The number of carbonyl (C=O) groups is 1. The summed E-state index contributed by atoms with van der Waals surface area (Å²) in [7, 11) is -3.93. The van der Waals surface area contributed by atoms with E-state index in [1.165, 1.54) is 4.31 Å². The second kappa shape index (κ2) is 10.6. The van der Waals surface area contributed by atoms with Crippen LogP contribution >= 0.6 is 11.6 Å². The molecule has 0 unspecified atom stereocenters. The summed E-state index contributed by atoms with van der Waals surface area (Å²) in [5.74, 6) is -0.237. The number of aromatic nitrogens is 2. The van der Waals surface area contributed by atoms with Crippen LogP contribution in [-0.2, 0) is 29.7 Å². The first kappa shape index (κ1) is 25.9. The molecule has 0 bridgehead atoms. The van der Waals surface area contributed by atoms with Gasteiger partial charge in [-0.05, 0) is 59.2 Å². The number of hydrogen-bond acceptors (Lipinski definition) is 4. The number of benzene rings is 3. The Hall–Kier alpha value is -4.40. The van der Waals surface area contributed by atoms with Crippen molar-refractivity contribution in [2.24, 2.45) is 0 Å². The maximum atomic E-state index is 14.0. The van der Waals surface area contributed by atoms with Crippen LogP contribution in [0.4, 0.5) is 5.69 Å². The molecule has 3 aromatic carbocycles. The third-order valence-corrected chi connectivity index (χ3v) is 9.10. The molecule has 0 spiro atoms. The number of sulfonamides is 1. The first-order chi connectivity index (χ1) is 19.4. The molecule has 0 saturated heterocycles. The summed E-state index contributed by atoms with van der Waals surface area (Å²) in [5.41, 5.74) is 5.13. The second-order valence-electron chi connectivity index (χ2n) is 9.48. The fraction of sp³-hybridized carbons (Fsp3) is 0.0968. The van der Waals surface area contributed by atoms with Crippen LogP contribution in [0.3, 0.4) is 0 Å². The Morgan fingerprint density at radius 2 is 1.65 bits per heavy atom. The molecule has 200 valence electrons. The molecule has 1 N–H and O–H groups in total. The maximum Gasteiger partial charge on any atom is 0.268 e. The van der Waals surface area contributed by atoms with Gasteiger partial charge in [0.25, 0.3) is 15.9 Å². The van der Waals surface area contributed by atoms with E-state index in [0.717, 1.165) is 27.9 Å². The molecule has 1 amide bonds. The van der Waals surface area contributed by atoms with Gasteiger partial charge >= 0.3 is 0 Å². The lowest BCUT2D eigenvalue weighted by atomic mass is 10.1. The number of pyridine rings is 1. The Morgan fingerprint density at radius 3 is 2.42 bits per heavy atom. The van der Waals surface area contributed by atoms with Crippen molar-refractivity contribution in [1.82, 2.24) is 14.9 Å². The monoisotopic (exact) mass is 568 g/mol. The first-order valence-electron chi connectivity index (χ1n) is 12.7. The van der Waals surface area contributed by atoms with Crippen LogP contribution in [0.1, 0.15) is 27.3 Å². The van der Waals surface area contributed by atoms with E-state index in [2.05, 4.69) is 10.3 Å². The Morgan fingerprint density at radius 1 is 0.875 bits per heavy atom. The number of fused-ring (bicyclic) bond motifs is 2. The first-order valence-corrected chi connectivity index (χ1v) is 14.5. The number of amides is 1. The van der Waals surface area contributed by atoms with Crippen molar-refractivity contribution in [3.8, 4) is 11.1 Å². The van der Waals surface area contributed by atoms with E-state index in [-0.39, 0.29) is 17.3 Å². The maximum absolute atomic E-state index is 14.0. The molecule has 1 aliphatic heterocycles. The van der Waals surface area contributed by atoms with Crippen molar-refractivity contribution in [2.45, 2.75) is 24.5 Å². The number of carbonyl (C=O) groups excluding carboxylic acids is 1. The minimum absolute atomic E-state index is 0.0848. The Bertz CT molecular complexity index is 1800. The summed E-state index contributed by atoms with van der Waals surface area (Å²) in [5, 5.41) is 3.54. The van der Waals surface area contributed by atoms with Gasteiger partial charge in [-0.1, -0.05) is 66.2 Å². The van der Waals surface area contributed by atoms with E-state index < -0.39 is 10.0 Å². The molecular formula is C31H25ClN4O3S. The van der Waals surface area contributed by atoms with Crippen molar-refractivity contribution < 1.29 is 13.2 Å². The molecule has 40 heavy (non-hydrogen) atoms. The molecule has 9 heteroatoms. The van der Waals surface area contributed by atoms with Gasteiger partial charge in [0.1, 0.15) is 5.69 Å². The zero-order valence-electron chi connectivity index (χ0n) is 21.4. The molecule has 0 radical (unpaired) electrons. The highest BCUT2D eigenvalue weighted by atomic mass is 35.5. The van der Waals surface area contributed by atoms with Gasteiger partial charge in [-0.3, -0.25) is 14.1 Å². The summed E-state index contributed by atoms with van der Waals surface area (Å²) in [4.78, 5) is 17.4. The van der Waals surface area contributed by atoms with Gasteiger partial charge in [-0.15, -0.1) is 0 Å². The number of halogens is 1. The van der Waals surface area contributed by atoms with E-state index in [9.17, 15) is 13.2 Å². The van der Waals surface area contributed by atoms with E-state index in [0.29, 0.717) is 29.5 Å². The van der Waals surface area contributed by atoms with Gasteiger partial charge in [-0.25, -0.2) is 8.42 Å².